The van der Waals surface area contributed by atoms with Gasteiger partial charge in [0.25, 0.3) is 0 Å². The van der Waals surface area contributed by atoms with E-state index in [1.54, 1.807) is 12.1 Å². The van der Waals surface area contributed by atoms with E-state index in [1.165, 1.54) is 12.1 Å². The van der Waals surface area contributed by atoms with E-state index in [9.17, 15) is 9.18 Å². The first-order valence-corrected chi connectivity index (χ1v) is 7.15. The Kier molecular flexibility index (Phi) is 5.47. The zero-order valence-corrected chi connectivity index (χ0v) is 12.3. The van der Waals surface area contributed by atoms with Crippen LogP contribution in [0.2, 0.25) is 0 Å². The van der Waals surface area contributed by atoms with E-state index in [0.717, 1.165) is 50.8 Å². The minimum atomic E-state index is -1.07. The number of hydrogen-bond acceptors (Lipinski definition) is 3. The summed E-state index contributed by atoms with van der Waals surface area (Å²) in [7, 11) is 2.12. The highest BCUT2D eigenvalue weighted by Gasteiger charge is 2.12. The zero-order chi connectivity index (χ0) is 15.2. The summed E-state index contributed by atoms with van der Waals surface area (Å²) in [5.41, 5.74) is 1.33. The first-order chi connectivity index (χ1) is 10.0. The van der Waals surface area contributed by atoms with Gasteiger partial charge in [-0.2, -0.15) is 0 Å². The predicted octanol–water partition coefficient (Wildman–Crippen LogP) is 2.06. The van der Waals surface area contributed by atoms with Crippen LogP contribution in [0.4, 0.5) is 4.39 Å². The van der Waals surface area contributed by atoms with Crippen molar-refractivity contribution < 1.29 is 14.3 Å². The molecule has 1 aromatic rings. The molecule has 4 nitrogen and oxygen atoms in total. The lowest BCUT2D eigenvalue weighted by Gasteiger charge is -2.20. The lowest BCUT2D eigenvalue weighted by atomic mass is 10.1. The highest BCUT2D eigenvalue weighted by Crippen LogP contribution is 2.15. The quantitative estimate of drug-likeness (QED) is 0.863. The molecule has 1 fully saturated rings. The Morgan fingerprint density at radius 2 is 2.14 bits per heavy atom. The molecule has 1 saturated heterocycles. The van der Waals surface area contributed by atoms with Gasteiger partial charge in [0.1, 0.15) is 5.82 Å². The fourth-order valence-corrected chi connectivity index (χ4v) is 2.50. The number of carbonyl (C=O) groups is 1. The van der Waals surface area contributed by atoms with Gasteiger partial charge >= 0.3 is 5.97 Å². The molecule has 0 aliphatic carbocycles. The van der Waals surface area contributed by atoms with Crippen molar-refractivity contribution in [2.45, 2.75) is 13.0 Å². The summed E-state index contributed by atoms with van der Waals surface area (Å²) in [5, 5.41) is 8.63. The average molecular weight is 292 g/mol. The van der Waals surface area contributed by atoms with E-state index >= 15 is 0 Å². The number of carboxylic acid groups (broad SMARTS) is 1. The van der Waals surface area contributed by atoms with Crippen molar-refractivity contribution in [1.29, 1.82) is 0 Å². The fraction of sp³-hybridized carbons (Fsp3) is 0.438. The number of benzene rings is 1. The number of likely N-dealkylation sites (N-methyl/N-ethyl adjacent to an activating group) is 1. The van der Waals surface area contributed by atoms with Crippen molar-refractivity contribution in [1.82, 2.24) is 9.80 Å². The Morgan fingerprint density at radius 1 is 1.33 bits per heavy atom. The third-order valence-electron chi connectivity index (χ3n) is 3.68. The molecule has 1 aliphatic heterocycles. The van der Waals surface area contributed by atoms with Gasteiger partial charge < -0.3 is 10.0 Å². The standard InChI is InChI=1S/C16H21FN2O2/c1-18-7-2-8-19(10-9-18)12-13-3-5-15(17)14(11-13)4-6-16(20)21/h3-6,11H,2,7-10,12H2,1H3,(H,20,21). The number of carboxylic acids is 1. The molecule has 0 amide bonds. The zero-order valence-electron chi connectivity index (χ0n) is 12.3. The van der Waals surface area contributed by atoms with E-state index < -0.39 is 11.8 Å². The molecular formula is C16H21FN2O2. The lowest BCUT2D eigenvalue weighted by Crippen LogP contribution is -2.28. The first-order valence-electron chi connectivity index (χ1n) is 7.15. The molecule has 1 heterocycles. The third-order valence-corrected chi connectivity index (χ3v) is 3.68. The molecule has 0 atom stereocenters. The summed E-state index contributed by atoms with van der Waals surface area (Å²) >= 11 is 0. The van der Waals surface area contributed by atoms with E-state index in [-0.39, 0.29) is 0 Å². The maximum Gasteiger partial charge on any atom is 0.328 e. The Hall–Kier alpha value is -1.72. The highest BCUT2D eigenvalue weighted by atomic mass is 19.1. The monoisotopic (exact) mass is 292 g/mol. The van der Waals surface area contributed by atoms with Crippen LogP contribution in [0.15, 0.2) is 24.3 Å². The van der Waals surface area contributed by atoms with Crippen LogP contribution in [0.5, 0.6) is 0 Å². The van der Waals surface area contributed by atoms with Crippen molar-refractivity contribution in [2.75, 3.05) is 33.2 Å². The summed E-state index contributed by atoms with van der Waals surface area (Å²) in [4.78, 5) is 15.2. The summed E-state index contributed by atoms with van der Waals surface area (Å²) in [5.74, 6) is -1.47. The SMILES string of the molecule is CN1CCCN(Cc2ccc(F)c(C=CC(=O)O)c2)CC1. The summed E-state index contributed by atoms with van der Waals surface area (Å²) < 4.78 is 13.7. The van der Waals surface area contributed by atoms with Crippen LogP contribution < -0.4 is 0 Å². The highest BCUT2D eigenvalue weighted by molar-refractivity contribution is 5.85. The molecule has 114 valence electrons. The van der Waals surface area contributed by atoms with E-state index in [4.69, 9.17) is 5.11 Å². The summed E-state index contributed by atoms with van der Waals surface area (Å²) in [6.07, 6.45) is 3.39. The molecule has 1 aliphatic rings. The van der Waals surface area contributed by atoms with Gasteiger partial charge in [-0.25, -0.2) is 9.18 Å². The molecule has 2 rings (SSSR count). The molecule has 0 saturated carbocycles. The minimum Gasteiger partial charge on any atom is -0.478 e. The van der Waals surface area contributed by atoms with Crippen LogP contribution in [0.1, 0.15) is 17.5 Å². The molecule has 0 radical (unpaired) electrons. The van der Waals surface area contributed by atoms with E-state index in [2.05, 4.69) is 16.8 Å². The Bertz CT molecular complexity index is 531. The molecule has 0 bridgehead atoms. The maximum atomic E-state index is 13.7. The number of halogens is 1. The predicted molar refractivity (Wildman–Crippen MR) is 80.5 cm³/mol. The third kappa shape index (κ3) is 4.95. The number of nitrogens with zero attached hydrogens (tertiary/aromatic N) is 2. The van der Waals surface area contributed by atoms with Gasteiger partial charge in [0.15, 0.2) is 0 Å². The van der Waals surface area contributed by atoms with Gasteiger partial charge in [-0.1, -0.05) is 6.07 Å². The van der Waals surface area contributed by atoms with Crippen molar-refractivity contribution in [2.24, 2.45) is 0 Å². The van der Waals surface area contributed by atoms with Crippen molar-refractivity contribution in [3.05, 3.63) is 41.2 Å². The number of rotatable bonds is 4. The fourth-order valence-electron chi connectivity index (χ4n) is 2.50. The molecule has 21 heavy (non-hydrogen) atoms. The number of aliphatic carboxylic acids is 1. The molecule has 0 spiro atoms. The van der Waals surface area contributed by atoms with Gasteiger partial charge in [0.2, 0.25) is 0 Å². The smallest absolute Gasteiger partial charge is 0.328 e. The first kappa shape index (κ1) is 15.7. The van der Waals surface area contributed by atoms with Crippen molar-refractivity contribution in [3.8, 4) is 0 Å². The van der Waals surface area contributed by atoms with E-state index in [1.807, 2.05) is 0 Å². The van der Waals surface area contributed by atoms with Crippen LogP contribution in [-0.2, 0) is 11.3 Å². The number of hydrogen-bond donors (Lipinski definition) is 1. The average Bonchev–Trinajstić information content (AvgIpc) is 2.64. The van der Waals surface area contributed by atoms with Gasteiger partial charge in [0.05, 0.1) is 0 Å². The van der Waals surface area contributed by atoms with Gasteiger partial charge in [-0.3, -0.25) is 4.90 Å². The van der Waals surface area contributed by atoms with Crippen LogP contribution in [0, 0.1) is 5.82 Å². The van der Waals surface area contributed by atoms with Crippen molar-refractivity contribution >= 4 is 12.0 Å². The minimum absolute atomic E-state index is 0.321. The normalized spacial score (nSPS) is 18.0. The Morgan fingerprint density at radius 3 is 2.90 bits per heavy atom. The van der Waals surface area contributed by atoms with Gasteiger partial charge in [-0.05, 0) is 50.3 Å². The molecule has 1 aromatic carbocycles. The summed E-state index contributed by atoms with van der Waals surface area (Å²) in [6.45, 7) is 4.93. The molecular weight excluding hydrogens is 271 g/mol. The van der Waals surface area contributed by atoms with Crippen molar-refractivity contribution in [3.63, 3.8) is 0 Å². The molecule has 0 unspecified atom stereocenters. The molecule has 1 N–H and O–H groups in total. The van der Waals surface area contributed by atoms with Crippen LogP contribution in [0.3, 0.4) is 0 Å². The summed E-state index contributed by atoms with van der Waals surface area (Å²) in [6, 6.07) is 4.90. The Labute approximate surface area is 124 Å². The van der Waals surface area contributed by atoms with Gasteiger partial charge in [0, 0.05) is 31.3 Å². The molecule has 5 heteroatoms. The Balaban J connectivity index is 2.06. The van der Waals surface area contributed by atoms with Gasteiger partial charge in [-0.15, -0.1) is 0 Å². The molecule has 0 aromatic heterocycles. The van der Waals surface area contributed by atoms with Crippen LogP contribution in [0.25, 0.3) is 6.08 Å². The second-order valence-corrected chi connectivity index (χ2v) is 5.46. The topological polar surface area (TPSA) is 43.8 Å². The van der Waals surface area contributed by atoms with Crippen LogP contribution >= 0.6 is 0 Å². The van der Waals surface area contributed by atoms with Crippen LogP contribution in [-0.4, -0.2) is 54.1 Å². The van der Waals surface area contributed by atoms with E-state index in [0.29, 0.717) is 5.56 Å². The second kappa shape index (κ2) is 7.33. The second-order valence-electron chi connectivity index (χ2n) is 5.46. The maximum absolute atomic E-state index is 13.7. The lowest BCUT2D eigenvalue weighted by molar-refractivity contribution is -0.131. The largest absolute Gasteiger partial charge is 0.478 e.